The third-order valence-corrected chi connectivity index (χ3v) is 7.01. The van der Waals surface area contributed by atoms with Crippen LogP contribution < -0.4 is 27.6 Å². The molecule has 4 atom stereocenters. The molecule has 0 spiro atoms. The van der Waals surface area contributed by atoms with Crippen LogP contribution in [0.2, 0.25) is 0 Å². The van der Waals surface area contributed by atoms with Crippen LogP contribution in [0.5, 0.6) is 0 Å². The number of likely N-dealkylation sites (tertiary alicyclic amines) is 1. The molecule has 184 valence electrons. The summed E-state index contributed by atoms with van der Waals surface area (Å²) in [5.41, 5.74) is 3.19. The average molecular weight is 478 g/mol. The first kappa shape index (κ1) is 23.9. The maximum atomic E-state index is 15.7. The Balaban J connectivity index is 1.87. The Labute approximate surface area is 185 Å². The van der Waals surface area contributed by atoms with E-state index in [4.69, 9.17) is 10.5 Å². The van der Waals surface area contributed by atoms with Crippen molar-refractivity contribution in [2.24, 2.45) is 17.6 Å². The summed E-state index contributed by atoms with van der Waals surface area (Å²) < 4.78 is 76.8. The fourth-order valence-corrected chi connectivity index (χ4v) is 5.13. The number of rotatable bonds is 8. The summed E-state index contributed by atoms with van der Waals surface area (Å²) in [7, 11) is 1.23. The van der Waals surface area contributed by atoms with E-state index in [9.17, 15) is 27.2 Å². The van der Waals surface area contributed by atoms with Crippen LogP contribution in [0.1, 0.15) is 25.3 Å². The minimum absolute atomic E-state index is 0.0845. The lowest BCUT2D eigenvalue weighted by Crippen LogP contribution is -2.63. The summed E-state index contributed by atoms with van der Waals surface area (Å²) in [6, 6.07) is -2.46. The Hall–Kier alpha value is -2.21. The Bertz CT molecular complexity index is 1130. The summed E-state index contributed by atoms with van der Waals surface area (Å²) in [6.07, 6.45) is -3.96. The second-order valence-electron chi connectivity index (χ2n) is 8.94. The van der Waals surface area contributed by atoms with Gasteiger partial charge in [0.25, 0.3) is 12.0 Å². The molecule has 2 fully saturated rings. The van der Waals surface area contributed by atoms with Gasteiger partial charge >= 0.3 is 5.69 Å². The van der Waals surface area contributed by atoms with Gasteiger partial charge in [-0.05, 0) is 31.7 Å². The molecule has 4 rings (SSSR count). The molecule has 1 aromatic heterocycles. The maximum absolute atomic E-state index is 15.7. The van der Waals surface area contributed by atoms with Gasteiger partial charge in [0.1, 0.15) is 11.8 Å². The molecule has 0 radical (unpaired) electrons. The first-order chi connectivity index (χ1) is 15.7. The third kappa shape index (κ3) is 4.01. The summed E-state index contributed by atoms with van der Waals surface area (Å²) in [4.78, 5) is 28.7. The molecule has 0 aromatic carbocycles. The quantitative estimate of drug-likeness (QED) is 0.512. The van der Waals surface area contributed by atoms with Gasteiger partial charge in [-0.2, -0.15) is 0 Å². The zero-order valence-electron chi connectivity index (χ0n) is 18.1. The molecule has 1 saturated heterocycles. The number of nitrogens with one attached hydrogen (secondary N) is 1. The van der Waals surface area contributed by atoms with Gasteiger partial charge in [0, 0.05) is 30.1 Å². The predicted molar refractivity (Wildman–Crippen MR) is 110 cm³/mol. The van der Waals surface area contributed by atoms with E-state index in [-0.39, 0.29) is 36.2 Å². The van der Waals surface area contributed by atoms with Crippen molar-refractivity contribution in [3.63, 3.8) is 0 Å². The maximum Gasteiger partial charge on any atom is 0.329 e. The molecule has 0 amide bonds. The number of nitrogens with two attached hydrogens (primary N) is 1. The summed E-state index contributed by atoms with van der Waals surface area (Å²) >= 11 is 0. The van der Waals surface area contributed by atoms with Gasteiger partial charge in [-0.25, -0.2) is 18.0 Å². The minimum Gasteiger partial charge on any atom is -0.497 e. The topological polar surface area (TPSA) is 93.3 Å². The van der Waals surface area contributed by atoms with Crippen LogP contribution in [0.25, 0.3) is 11.3 Å². The van der Waals surface area contributed by atoms with E-state index >= 15 is 4.39 Å². The Morgan fingerprint density at radius 2 is 1.85 bits per heavy atom. The highest BCUT2D eigenvalue weighted by Crippen LogP contribution is 2.35. The highest BCUT2D eigenvalue weighted by Gasteiger charge is 2.46. The van der Waals surface area contributed by atoms with Crippen molar-refractivity contribution in [2.75, 3.05) is 33.5 Å². The Morgan fingerprint density at radius 1 is 1.18 bits per heavy atom. The fraction of sp³-hybridized carbons (Fsp3) is 0.714. The number of H-pyrrole nitrogens is 1. The zero-order valence-corrected chi connectivity index (χ0v) is 18.1. The van der Waals surface area contributed by atoms with Gasteiger partial charge in [-0.15, -0.1) is 0 Å². The number of aromatic nitrogens is 2. The van der Waals surface area contributed by atoms with Crippen LogP contribution in [0.3, 0.4) is 0 Å². The number of halogens is 5. The van der Waals surface area contributed by atoms with E-state index in [0.29, 0.717) is 19.3 Å². The number of alkyl halides is 5. The lowest BCUT2D eigenvalue weighted by atomic mass is 9.89. The van der Waals surface area contributed by atoms with Crippen LogP contribution in [-0.2, 0) is 4.74 Å². The van der Waals surface area contributed by atoms with Gasteiger partial charge in [0.05, 0.1) is 31.0 Å². The van der Waals surface area contributed by atoms with Crippen LogP contribution in [-0.4, -0.2) is 72.7 Å². The van der Waals surface area contributed by atoms with Crippen LogP contribution in [0.15, 0.2) is 9.59 Å². The van der Waals surface area contributed by atoms with Crippen molar-refractivity contribution in [1.29, 1.82) is 0 Å². The van der Waals surface area contributed by atoms with Crippen LogP contribution >= 0.6 is 0 Å². The number of methoxy groups -OCH3 is 1. The van der Waals surface area contributed by atoms with Gasteiger partial charge < -0.3 is 10.5 Å². The number of nitrogens with zero attached hydrogens (tertiary/aromatic N) is 2. The van der Waals surface area contributed by atoms with E-state index in [0.717, 1.165) is 0 Å². The zero-order chi connectivity index (χ0) is 24.0. The first-order valence-corrected chi connectivity index (χ1v) is 11.0. The van der Waals surface area contributed by atoms with E-state index in [1.807, 2.05) is 4.98 Å². The number of hydrogen-bond donors (Lipinski definition) is 2. The summed E-state index contributed by atoms with van der Waals surface area (Å²) in [5, 5.41) is -0.694. The normalized spacial score (nSPS) is 26.9. The molecule has 1 aliphatic heterocycles. The molecule has 1 saturated carbocycles. The van der Waals surface area contributed by atoms with E-state index in [2.05, 4.69) is 0 Å². The van der Waals surface area contributed by atoms with E-state index in [1.54, 1.807) is 4.90 Å². The smallest absolute Gasteiger partial charge is 0.329 e. The van der Waals surface area contributed by atoms with Crippen molar-refractivity contribution in [1.82, 2.24) is 14.5 Å². The second-order valence-corrected chi connectivity index (χ2v) is 8.94. The molecule has 2 aliphatic carbocycles. The molecule has 3 aliphatic rings. The van der Waals surface area contributed by atoms with Crippen LogP contribution in [0.4, 0.5) is 22.0 Å². The highest BCUT2D eigenvalue weighted by molar-refractivity contribution is 5.63. The molecule has 12 heteroatoms. The highest BCUT2D eigenvalue weighted by atomic mass is 19.3. The first-order valence-electron chi connectivity index (χ1n) is 11.0. The van der Waals surface area contributed by atoms with Crippen LogP contribution in [0, 0.1) is 11.8 Å². The number of aromatic amines is 1. The third-order valence-electron chi connectivity index (χ3n) is 7.01. The largest absolute Gasteiger partial charge is 0.497 e. The van der Waals surface area contributed by atoms with Crippen molar-refractivity contribution in [3.8, 4) is 0 Å². The molecule has 7 nitrogen and oxygen atoms in total. The van der Waals surface area contributed by atoms with Crippen molar-refractivity contribution < 1.29 is 26.7 Å². The SMILES string of the molecule is COC1=c2c(c(=O)[nH]c(=O)n2C2CC2)=C(C(F)F)C(F)C1N1CCC(C(N)C(CF)CF)C1. The van der Waals surface area contributed by atoms with Gasteiger partial charge in [0.15, 0.2) is 6.17 Å². The molecule has 4 unspecified atom stereocenters. The Morgan fingerprint density at radius 3 is 2.39 bits per heavy atom. The molecule has 2 heterocycles. The van der Waals surface area contributed by atoms with Gasteiger partial charge in [-0.1, -0.05) is 0 Å². The number of hydrogen-bond acceptors (Lipinski definition) is 5. The van der Waals surface area contributed by atoms with Gasteiger partial charge in [-0.3, -0.25) is 28.0 Å². The molecule has 3 N–H and O–H groups in total. The number of fused-ring (bicyclic) bond motifs is 1. The average Bonchev–Trinajstić information content (AvgIpc) is 3.49. The van der Waals surface area contributed by atoms with E-state index < -0.39 is 66.0 Å². The standard InChI is InChI=1S/C21H27F5N4O3/c1-33-18-16-13(20(31)28-21(32)30(16)11-2-3-11)12(19(25)26)14(24)17(18)29-5-4-9(8-29)15(27)10(6-22)7-23/h9-11,14-15,17,19H,2-8,27H2,1H3,(H,28,31,32). The minimum atomic E-state index is -3.28. The fourth-order valence-electron chi connectivity index (χ4n) is 5.13. The summed E-state index contributed by atoms with van der Waals surface area (Å²) in [6.45, 7) is -1.54. The molecule has 0 bridgehead atoms. The Kier molecular flexibility index (Phi) is 6.68. The molecular formula is C21H27F5N4O3. The van der Waals surface area contributed by atoms with Crippen molar-refractivity contribution >= 4 is 11.3 Å². The second kappa shape index (κ2) is 9.21. The number of ether oxygens (including phenoxy) is 1. The molecule has 1 aromatic rings. The van der Waals surface area contributed by atoms with Crippen molar-refractivity contribution in [2.45, 2.75) is 50.0 Å². The lowest BCUT2D eigenvalue weighted by molar-refractivity contribution is 0.130. The van der Waals surface area contributed by atoms with E-state index in [1.165, 1.54) is 11.7 Å². The molecule has 33 heavy (non-hydrogen) atoms. The van der Waals surface area contributed by atoms with Gasteiger partial charge in [0.2, 0.25) is 0 Å². The summed E-state index contributed by atoms with van der Waals surface area (Å²) in [5.74, 6) is -1.47. The predicted octanol–water partition coefficient (Wildman–Crippen LogP) is -0.0334. The monoisotopic (exact) mass is 478 g/mol. The lowest BCUT2D eigenvalue weighted by Gasteiger charge is -2.35. The van der Waals surface area contributed by atoms with Crippen molar-refractivity contribution in [3.05, 3.63) is 31.4 Å². The molecular weight excluding hydrogens is 451 g/mol.